The second-order valence-electron chi connectivity index (χ2n) is 23.1. The molecular formula is C69H130O6. The summed E-state index contributed by atoms with van der Waals surface area (Å²) in [6.45, 7) is 6.62. The molecule has 75 heavy (non-hydrogen) atoms. The molecule has 0 aromatic carbocycles. The van der Waals surface area contributed by atoms with E-state index in [4.69, 9.17) is 14.2 Å². The molecule has 442 valence electrons. The van der Waals surface area contributed by atoms with Crippen LogP contribution in [0.3, 0.4) is 0 Å². The molecule has 6 nitrogen and oxygen atoms in total. The summed E-state index contributed by atoms with van der Waals surface area (Å²) < 4.78 is 16.9. The minimum atomic E-state index is -0.774. The van der Waals surface area contributed by atoms with E-state index in [-0.39, 0.29) is 31.1 Å². The van der Waals surface area contributed by atoms with Crippen molar-refractivity contribution >= 4 is 17.9 Å². The maximum Gasteiger partial charge on any atom is 0.306 e. The van der Waals surface area contributed by atoms with Crippen molar-refractivity contribution in [1.29, 1.82) is 0 Å². The molecule has 0 N–H and O–H groups in total. The van der Waals surface area contributed by atoms with Crippen LogP contribution in [0, 0.1) is 0 Å². The van der Waals surface area contributed by atoms with E-state index in [0.717, 1.165) is 89.9 Å². The summed E-state index contributed by atoms with van der Waals surface area (Å²) >= 11 is 0. The Morgan fingerprint density at radius 2 is 0.507 bits per heavy atom. The number of carbonyl (C=O) groups excluding carboxylic acids is 3. The van der Waals surface area contributed by atoms with Crippen LogP contribution >= 0.6 is 0 Å². The fraction of sp³-hybridized carbons (Fsp3) is 0.899. The van der Waals surface area contributed by atoms with Crippen LogP contribution in [-0.4, -0.2) is 37.2 Å². The van der Waals surface area contributed by atoms with Crippen LogP contribution in [0.4, 0.5) is 0 Å². The van der Waals surface area contributed by atoms with Gasteiger partial charge in [0.1, 0.15) is 13.2 Å². The largest absolute Gasteiger partial charge is 0.462 e. The van der Waals surface area contributed by atoms with Crippen molar-refractivity contribution in [3.05, 3.63) is 24.3 Å². The topological polar surface area (TPSA) is 78.9 Å². The summed E-state index contributed by atoms with van der Waals surface area (Å²) in [7, 11) is 0. The van der Waals surface area contributed by atoms with Crippen LogP contribution in [0.5, 0.6) is 0 Å². The molecule has 0 radical (unpaired) electrons. The lowest BCUT2D eigenvalue weighted by Crippen LogP contribution is -2.30. The van der Waals surface area contributed by atoms with Gasteiger partial charge in [0.2, 0.25) is 0 Å². The zero-order chi connectivity index (χ0) is 54.3. The van der Waals surface area contributed by atoms with E-state index in [0.29, 0.717) is 19.3 Å². The van der Waals surface area contributed by atoms with Gasteiger partial charge in [-0.3, -0.25) is 14.4 Å². The highest BCUT2D eigenvalue weighted by atomic mass is 16.6. The quantitative estimate of drug-likeness (QED) is 0.0261. The predicted molar refractivity (Wildman–Crippen MR) is 326 cm³/mol. The second kappa shape index (κ2) is 64.4. The second-order valence-corrected chi connectivity index (χ2v) is 23.1. The van der Waals surface area contributed by atoms with Crippen LogP contribution in [0.1, 0.15) is 380 Å². The first-order chi connectivity index (χ1) is 37.0. The molecule has 1 unspecified atom stereocenters. The van der Waals surface area contributed by atoms with Gasteiger partial charge in [0.05, 0.1) is 0 Å². The molecule has 0 aromatic heterocycles. The summed E-state index contributed by atoms with van der Waals surface area (Å²) in [5, 5.41) is 0. The van der Waals surface area contributed by atoms with Crippen molar-refractivity contribution in [3.63, 3.8) is 0 Å². The molecule has 0 saturated heterocycles. The van der Waals surface area contributed by atoms with E-state index in [9.17, 15) is 14.4 Å². The van der Waals surface area contributed by atoms with Crippen molar-refractivity contribution in [1.82, 2.24) is 0 Å². The maximum absolute atomic E-state index is 12.8. The molecule has 0 aliphatic rings. The van der Waals surface area contributed by atoms with Gasteiger partial charge < -0.3 is 14.2 Å². The van der Waals surface area contributed by atoms with Crippen LogP contribution in [0.2, 0.25) is 0 Å². The number of esters is 3. The number of hydrogen-bond acceptors (Lipinski definition) is 6. The van der Waals surface area contributed by atoms with Gasteiger partial charge in [0.15, 0.2) is 6.10 Å². The van der Waals surface area contributed by atoms with Gasteiger partial charge in [-0.25, -0.2) is 0 Å². The fourth-order valence-electron chi connectivity index (χ4n) is 10.4. The van der Waals surface area contributed by atoms with Gasteiger partial charge in [-0.2, -0.15) is 0 Å². The van der Waals surface area contributed by atoms with E-state index < -0.39 is 6.10 Å². The highest BCUT2D eigenvalue weighted by Gasteiger charge is 2.19. The molecule has 0 heterocycles. The van der Waals surface area contributed by atoms with E-state index in [1.807, 2.05) is 0 Å². The Morgan fingerprint density at radius 3 is 0.787 bits per heavy atom. The molecule has 0 bridgehead atoms. The van der Waals surface area contributed by atoms with Crippen LogP contribution in [0.25, 0.3) is 0 Å². The molecule has 6 heteroatoms. The van der Waals surface area contributed by atoms with Crippen molar-refractivity contribution in [2.75, 3.05) is 13.2 Å². The standard InChI is InChI=1S/C69H130O6/c1-4-7-10-13-16-19-22-25-26-27-28-29-30-31-32-33-34-35-36-37-38-39-40-41-42-43-45-47-50-53-56-59-62-68(71)74-65-66(64-73-67(70)61-58-55-52-49-46-24-21-18-15-12-9-6-3)75-69(72)63-60-57-54-51-48-44-23-20-17-14-11-8-5-2/h11,14,20,23,66H,4-10,12-13,15-19,21-22,24-65H2,1-3H3/b14-11-,23-20-. The Hall–Kier alpha value is -2.11. The normalized spacial score (nSPS) is 12.1. The van der Waals surface area contributed by atoms with Crippen molar-refractivity contribution < 1.29 is 28.6 Å². The smallest absolute Gasteiger partial charge is 0.306 e. The molecular weight excluding hydrogens is 925 g/mol. The summed E-state index contributed by atoms with van der Waals surface area (Å²) in [5.74, 6) is -0.862. The predicted octanol–water partition coefficient (Wildman–Crippen LogP) is 23.0. The first kappa shape index (κ1) is 72.9. The Bertz CT molecular complexity index is 1210. The lowest BCUT2D eigenvalue weighted by atomic mass is 10.0. The number of rotatable bonds is 63. The SMILES string of the molecule is CCC/C=C\C/C=C\CCCCCCCC(=O)OC(COC(=O)CCCCCCCCCCCCCC)COC(=O)CCCCCCCCCCCCCCCCCCCCCCCCCCCCCCCCCC. The molecule has 0 aliphatic heterocycles. The van der Waals surface area contributed by atoms with Crippen molar-refractivity contribution in [2.24, 2.45) is 0 Å². The van der Waals surface area contributed by atoms with Gasteiger partial charge in [0, 0.05) is 19.3 Å². The Morgan fingerprint density at radius 1 is 0.267 bits per heavy atom. The molecule has 0 spiro atoms. The number of carbonyl (C=O) groups is 3. The number of hydrogen-bond donors (Lipinski definition) is 0. The Kier molecular flexibility index (Phi) is 62.6. The molecule has 1 atom stereocenters. The van der Waals surface area contributed by atoms with E-state index in [1.54, 1.807) is 0 Å². The van der Waals surface area contributed by atoms with Crippen LogP contribution < -0.4 is 0 Å². The van der Waals surface area contributed by atoms with E-state index in [1.165, 1.54) is 250 Å². The first-order valence-electron chi connectivity index (χ1n) is 33.8. The molecule has 0 fully saturated rings. The molecule has 0 aromatic rings. The third-order valence-corrected chi connectivity index (χ3v) is 15.4. The summed E-state index contributed by atoms with van der Waals surface area (Å²) in [4.78, 5) is 38.2. The third-order valence-electron chi connectivity index (χ3n) is 15.4. The maximum atomic E-state index is 12.8. The fourth-order valence-corrected chi connectivity index (χ4v) is 10.4. The molecule has 0 rings (SSSR count). The van der Waals surface area contributed by atoms with Gasteiger partial charge in [-0.05, 0) is 44.9 Å². The number of unbranched alkanes of at least 4 members (excludes halogenated alkanes) is 48. The van der Waals surface area contributed by atoms with Gasteiger partial charge in [0.25, 0.3) is 0 Å². The lowest BCUT2D eigenvalue weighted by molar-refractivity contribution is -0.167. The van der Waals surface area contributed by atoms with E-state index >= 15 is 0 Å². The van der Waals surface area contributed by atoms with Gasteiger partial charge in [-0.1, -0.05) is 340 Å². The average molecular weight is 1060 g/mol. The molecule has 0 saturated carbocycles. The highest BCUT2D eigenvalue weighted by Crippen LogP contribution is 2.19. The van der Waals surface area contributed by atoms with Crippen LogP contribution in [0.15, 0.2) is 24.3 Å². The first-order valence-corrected chi connectivity index (χ1v) is 33.8. The third kappa shape index (κ3) is 62.6. The van der Waals surface area contributed by atoms with Crippen molar-refractivity contribution in [2.45, 2.75) is 386 Å². The lowest BCUT2D eigenvalue weighted by Gasteiger charge is -2.18. The Balaban J connectivity index is 4.03. The average Bonchev–Trinajstić information content (AvgIpc) is 3.41. The number of ether oxygens (including phenoxy) is 3. The number of allylic oxidation sites excluding steroid dienone is 4. The Labute approximate surface area is 468 Å². The van der Waals surface area contributed by atoms with Gasteiger partial charge >= 0.3 is 17.9 Å². The zero-order valence-electron chi connectivity index (χ0n) is 50.8. The summed E-state index contributed by atoms with van der Waals surface area (Å²) in [6, 6.07) is 0. The van der Waals surface area contributed by atoms with Crippen molar-refractivity contribution in [3.8, 4) is 0 Å². The molecule has 0 amide bonds. The summed E-state index contributed by atoms with van der Waals surface area (Å²) in [6.07, 6.45) is 78.0. The molecule has 0 aliphatic carbocycles. The monoisotopic (exact) mass is 1050 g/mol. The highest BCUT2D eigenvalue weighted by molar-refractivity contribution is 5.71. The zero-order valence-corrected chi connectivity index (χ0v) is 50.8. The summed E-state index contributed by atoms with van der Waals surface area (Å²) in [5.41, 5.74) is 0. The van der Waals surface area contributed by atoms with Crippen LogP contribution in [-0.2, 0) is 28.6 Å². The van der Waals surface area contributed by atoms with E-state index in [2.05, 4.69) is 45.1 Å². The van der Waals surface area contributed by atoms with Gasteiger partial charge in [-0.15, -0.1) is 0 Å². The minimum absolute atomic E-state index is 0.0714. The minimum Gasteiger partial charge on any atom is -0.462 e.